The molecular weight excluding hydrogens is 381 g/mol. The van der Waals surface area contributed by atoms with Gasteiger partial charge in [0.15, 0.2) is 5.13 Å². The molecule has 1 unspecified atom stereocenters. The summed E-state index contributed by atoms with van der Waals surface area (Å²) in [4.78, 5) is 20.5. The molecule has 25 heavy (non-hydrogen) atoms. The lowest BCUT2D eigenvalue weighted by Gasteiger charge is -2.26. The third kappa shape index (κ3) is 2.81. The van der Waals surface area contributed by atoms with E-state index in [0.29, 0.717) is 22.4 Å². The van der Waals surface area contributed by atoms with Crippen molar-refractivity contribution in [1.82, 2.24) is 9.88 Å². The zero-order chi connectivity index (χ0) is 17.8. The van der Waals surface area contributed by atoms with Crippen LogP contribution < -0.4 is 4.90 Å². The molecule has 5 nitrogen and oxygen atoms in total. The first-order valence-electron chi connectivity index (χ1n) is 8.05. The van der Waals surface area contributed by atoms with Crippen molar-refractivity contribution in [2.45, 2.75) is 24.9 Å². The molecule has 132 valence electrons. The van der Waals surface area contributed by atoms with Crippen LogP contribution in [0.3, 0.4) is 0 Å². The molecule has 0 bridgehead atoms. The van der Waals surface area contributed by atoms with E-state index >= 15 is 0 Å². The Morgan fingerprint density at radius 1 is 1.40 bits per heavy atom. The molecule has 1 spiro atoms. The number of carbonyl (C=O) groups is 1. The van der Waals surface area contributed by atoms with Crippen molar-refractivity contribution in [1.29, 1.82) is 0 Å². The average Bonchev–Trinajstić information content (AvgIpc) is 3.26. The topological polar surface area (TPSA) is 56.7 Å². The van der Waals surface area contributed by atoms with Crippen LogP contribution in [0.15, 0.2) is 24.4 Å². The van der Waals surface area contributed by atoms with Gasteiger partial charge in [0.2, 0.25) is 0 Å². The molecule has 0 saturated carbocycles. The summed E-state index contributed by atoms with van der Waals surface area (Å²) in [5, 5.41) is 11.2. The molecular formula is C17H17Cl2N3O2S. The van der Waals surface area contributed by atoms with Gasteiger partial charge in [-0.25, -0.2) is 4.98 Å². The Balaban J connectivity index is 1.73. The summed E-state index contributed by atoms with van der Waals surface area (Å²) >= 11 is 13.8. The Labute approximate surface area is 159 Å². The monoisotopic (exact) mass is 397 g/mol. The molecule has 1 N–H and O–H groups in total. The number of fused-ring (bicyclic) bond motifs is 2. The van der Waals surface area contributed by atoms with Crippen LogP contribution in [0.2, 0.25) is 9.36 Å². The number of anilines is 2. The number of aliphatic hydroxyl groups is 1. The van der Waals surface area contributed by atoms with Crippen molar-refractivity contribution < 1.29 is 9.90 Å². The molecule has 2 atom stereocenters. The SMILES string of the molecule is C[C@@H](O)C(=O)N1CCC2(C1)CN(c1ncc(Cl)s1)c1ccc(Cl)cc12. The van der Waals surface area contributed by atoms with Crippen LogP contribution in [0.5, 0.6) is 0 Å². The number of amides is 1. The molecule has 3 heterocycles. The predicted octanol–water partition coefficient (Wildman–Crippen LogP) is 3.45. The third-order valence-corrected chi connectivity index (χ3v) is 6.37. The fourth-order valence-corrected chi connectivity index (χ4v) is 4.94. The minimum absolute atomic E-state index is 0.205. The minimum Gasteiger partial charge on any atom is -0.384 e. The number of carbonyl (C=O) groups excluding carboxylic acids is 1. The quantitative estimate of drug-likeness (QED) is 0.842. The highest BCUT2D eigenvalue weighted by Crippen LogP contribution is 2.50. The summed E-state index contributed by atoms with van der Waals surface area (Å²) in [6, 6.07) is 5.86. The molecule has 4 rings (SSSR count). The predicted molar refractivity (Wildman–Crippen MR) is 100 cm³/mol. The minimum atomic E-state index is -0.982. The fourth-order valence-electron chi connectivity index (χ4n) is 3.86. The Bertz CT molecular complexity index is 841. The molecule has 2 aliphatic heterocycles. The lowest BCUT2D eigenvalue weighted by Crippen LogP contribution is -2.40. The van der Waals surface area contributed by atoms with E-state index in [2.05, 4.69) is 9.88 Å². The van der Waals surface area contributed by atoms with Crippen molar-refractivity contribution in [2.24, 2.45) is 0 Å². The highest BCUT2D eigenvalue weighted by atomic mass is 35.5. The second kappa shape index (κ2) is 6.13. The summed E-state index contributed by atoms with van der Waals surface area (Å²) in [5.74, 6) is -0.226. The highest BCUT2D eigenvalue weighted by Gasteiger charge is 2.49. The van der Waals surface area contributed by atoms with Crippen LogP contribution in [-0.4, -0.2) is 46.6 Å². The fraction of sp³-hybridized carbons (Fsp3) is 0.412. The lowest BCUT2D eigenvalue weighted by atomic mass is 9.81. The second-order valence-electron chi connectivity index (χ2n) is 6.66. The van der Waals surface area contributed by atoms with E-state index in [0.717, 1.165) is 29.3 Å². The van der Waals surface area contributed by atoms with Gasteiger partial charge in [-0.1, -0.05) is 34.5 Å². The van der Waals surface area contributed by atoms with Gasteiger partial charge in [-0.05, 0) is 37.1 Å². The van der Waals surface area contributed by atoms with Gasteiger partial charge in [0.25, 0.3) is 5.91 Å². The summed E-state index contributed by atoms with van der Waals surface area (Å²) in [5.41, 5.74) is 1.98. The van der Waals surface area contributed by atoms with Gasteiger partial charge in [-0.3, -0.25) is 4.79 Å². The van der Waals surface area contributed by atoms with E-state index in [1.54, 1.807) is 11.1 Å². The summed E-state index contributed by atoms with van der Waals surface area (Å²) in [6.45, 7) is 3.43. The van der Waals surface area contributed by atoms with E-state index in [-0.39, 0.29) is 11.3 Å². The Morgan fingerprint density at radius 3 is 2.88 bits per heavy atom. The number of likely N-dealkylation sites (tertiary alicyclic amines) is 1. The van der Waals surface area contributed by atoms with Crippen LogP contribution in [-0.2, 0) is 10.2 Å². The van der Waals surface area contributed by atoms with Crippen LogP contribution in [0.4, 0.5) is 10.8 Å². The maximum Gasteiger partial charge on any atom is 0.251 e. The first-order chi connectivity index (χ1) is 11.9. The van der Waals surface area contributed by atoms with Gasteiger partial charge in [-0.2, -0.15) is 0 Å². The van der Waals surface area contributed by atoms with E-state index in [9.17, 15) is 9.90 Å². The molecule has 1 saturated heterocycles. The van der Waals surface area contributed by atoms with Gasteiger partial charge < -0.3 is 14.9 Å². The van der Waals surface area contributed by atoms with Crippen molar-refractivity contribution in [3.63, 3.8) is 0 Å². The second-order valence-corrected chi connectivity index (χ2v) is 8.74. The molecule has 2 aromatic rings. The summed E-state index contributed by atoms with van der Waals surface area (Å²) in [6.07, 6.45) is 1.50. The van der Waals surface area contributed by atoms with Gasteiger partial charge in [0.05, 0.1) is 6.20 Å². The van der Waals surface area contributed by atoms with Gasteiger partial charge in [0.1, 0.15) is 10.4 Å². The maximum atomic E-state index is 12.2. The molecule has 8 heteroatoms. The molecule has 2 aliphatic rings. The van der Waals surface area contributed by atoms with Gasteiger partial charge in [0, 0.05) is 35.8 Å². The van der Waals surface area contributed by atoms with Gasteiger partial charge in [-0.15, -0.1) is 0 Å². The number of hydrogen-bond acceptors (Lipinski definition) is 5. The molecule has 1 aromatic carbocycles. The van der Waals surface area contributed by atoms with Crippen LogP contribution in [0, 0.1) is 0 Å². The Kier molecular flexibility index (Phi) is 4.19. The smallest absolute Gasteiger partial charge is 0.251 e. The largest absolute Gasteiger partial charge is 0.384 e. The first kappa shape index (κ1) is 17.1. The molecule has 1 aromatic heterocycles. The van der Waals surface area contributed by atoms with Crippen LogP contribution in [0.25, 0.3) is 0 Å². The van der Waals surface area contributed by atoms with Crippen LogP contribution in [0.1, 0.15) is 18.9 Å². The molecule has 1 fully saturated rings. The average molecular weight is 398 g/mol. The first-order valence-corrected chi connectivity index (χ1v) is 9.63. The highest BCUT2D eigenvalue weighted by molar-refractivity contribution is 7.19. The number of nitrogens with zero attached hydrogens (tertiary/aromatic N) is 3. The Morgan fingerprint density at radius 2 is 2.20 bits per heavy atom. The van der Waals surface area contributed by atoms with E-state index in [1.165, 1.54) is 18.3 Å². The van der Waals surface area contributed by atoms with Crippen molar-refractivity contribution in [3.8, 4) is 0 Å². The third-order valence-electron chi connectivity index (χ3n) is 5.00. The Hall–Kier alpha value is -1.34. The molecule has 1 amide bonds. The van der Waals surface area contributed by atoms with Crippen molar-refractivity contribution in [3.05, 3.63) is 39.3 Å². The number of halogens is 2. The zero-order valence-corrected chi connectivity index (χ0v) is 15.9. The summed E-state index contributed by atoms with van der Waals surface area (Å²) in [7, 11) is 0. The number of hydrogen-bond donors (Lipinski definition) is 1. The van der Waals surface area contributed by atoms with E-state index in [1.807, 2.05) is 18.2 Å². The lowest BCUT2D eigenvalue weighted by molar-refractivity contribution is -0.138. The number of aliphatic hydroxyl groups excluding tert-OH is 1. The number of benzene rings is 1. The van der Waals surface area contributed by atoms with E-state index < -0.39 is 6.10 Å². The number of aromatic nitrogens is 1. The number of rotatable bonds is 2. The van der Waals surface area contributed by atoms with Gasteiger partial charge >= 0.3 is 0 Å². The molecule has 0 radical (unpaired) electrons. The number of thiazole rings is 1. The standard InChI is InChI=1S/C17H17Cl2N3O2S/c1-10(23)15(24)21-5-4-17(8-21)9-22(16-20-7-14(19)25-16)13-3-2-11(18)6-12(13)17/h2-3,6-7,10,23H,4-5,8-9H2,1H3/t10-,17?/m1/s1. The summed E-state index contributed by atoms with van der Waals surface area (Å²) < 4.78 is 0.642. The van der Waals surface area contributed by atoms with Crippen molar-refractivity contribution in [2.75, 3.05) is 24.5 Å². The van der Waals surface area contributed by atoms with E-state index in [4.69, 9.17) is 23.2 Å². The van der Waals surface area contributed by atoms with Crippen LogP contribution >= 0.6 is 34.5 Å². The van der Waals surface area contributed by atoms with Crippen molar-refractivity contribution >= 4 is 51.3 Å². The zero-order valence-electron chi connectivity index (χ0n) is 13.6. The molecule has 0 aliphatic carbocycles. The normalized spacial score (nSPS) is 23.4. The maximum absolute atomic E-state index is 12.2.